The molecule has 0 radical (unpaired) electrons. The van der Waals surface area contributed by atoms with Gasteiger partial charge in [0.05, 0.1) is 22.2 Å². The Kier molecular flexibility index (Phi) is 6.70. The fourth-order valence-electron chi connectivity index (χ4n) is 6.29. The van der Waals surface area contributed by atoms with Crippen LogP contribution in [0.5, 0.6) is 0 Å². The zero-order chi connectivity index (χ0) is 30.0. The number of aromatic amines is 1. The quantitative estimate of drug-likeness (QED) is 0.191. The van der Waals surface area contributed by atoms with Gasteiger partial charge < -0.3 is 10.3 Å². The van der Waals surface area contributed by atoms with Gasteiger partial charge in [0, 0.05) is 48.8 Å². The maximum absolute atomic E-state index is 4.84. The minimum absolute atomic E-state index is 0.375. The van der Waals surface area contributed by atoms with Crippen LogP contribution in [-0.2, 0) is 0 Å². The van der Waals surface area contributed by atoms with Gasteiger partial charge in [0.1, 0.15) is 12.2 Å². The summed E-state index contributed by atoms with van der Waals surface area (Å²) in [6, 6.07) is 18.2. The van der Waals surface area contributed by atoms with E-state index in [1.54, 1.807) is 6.33 Å². The lowest BCUT2D eigenvalue weighted by molar-refractivity contribution is 0.753. The number of nitrogens with one attached hydrogen (secondary N) is 2. The lowest BCUT2D eigenvalue weighted by Crippen LogP contribution is -2.10. The Morgan fingerprint density at radius 3 is 2.37 bits per heavy atom. The van der Waals surface area contributed by atoms with Crippen molar-refractivity contribution in [2.75, 3.05) is 5.32 Å². The van der Waals surface area contributed by atoms with Crippen molar-refractivity contribution in [3.8, 4) is 11.1 Å². The highest BCUT2D eigenvalue weighted by molar-refractivity contribution is 7.25. The van der Waals surface area contributed by atoms with Crippen LogP contribution in [0.1, 0.15) is 65.3 Å². The van der Waals surface area contributed by atoms with E-state index >= 15 is 0 Å². The van der Waals surface area contributed by atoms with Gasteiger partial charge in [-0.2, -0.15) is 0 Å². The summed E-state index contributed by atoms with van der Waals surface area (Å²) in [7, 11) is 0. The van der Waals surface area contributed by atoms with Gasteiger partial charge in [0.25, 0.3) is 0 Å². The summed E-state index contributed by atoms with van der Waals surface area (Å²) < 4.78 is 2.55. The zero-order valence-corrected chi connectivity index (χ0v) is 26.7. The predicted molar refractivity (Wildman–Crippen MR) is 185 cm³/mol. The molecular formula is C37H37N5S. The molecule has 4 aromatic carbocycles. The number of benzene rings is 4. The van der Waals surface area contributed by atoms with E-state index in [2.05, 4.69) is 112 Å². The van der Waals surface area contributed by atoms with Crippen molar-refractivity contribution in [2.24, 2.45) is 5.92 Å². The minimum Gasteiger partial charge on any atom is -0.358 e. The van der Waals surface area contributed by atoms with E-state index in [0.29, 0.717) is 11.8 Å². The number of rotatable bonds is 6. The third kappa shape index (κ3) is 4.56. The van der Waals surface area contributed by atoms with Gasteiger partial charge in [-0.25, -0.2) is 15.0 Å². The van der Waals surface area contributed by atoms with E-state index in [1.807, 2.05) is 17.5 Å². The van der Waals surface area contributed by atoms with E-state index in [0.717, 1.165) is 50.8 Å². The fraction of sp³-hybridized carbons (Fsp3) is 0.270. The van der Waals surface area contributed by atoms with Crippen molar-refractivity contribution in [1.29, 1.82) is 0 Å². The van der Waals surface area contributed by atoms with E-state index in [1.165, 1.54) is 48.0 Å². The fourth-order valence-corrected chi connectivity index (χ4v) is 7.45. The molecule has 216 valence electrons. The molecule has 0 aliphatic carbocycles. The topological polar surface area (TPSA) is 66.5 Å². The normalized spacial score (nSPS) is 13.0. The summed E-state index contributed by atoms with van der Waals surface area (Å²) in [4.78, 5) is 17.5. The van der Waals surface area contributed by atoms with Crippen LogP contribution in [-0.4, -0.2) is 19.9 Å². The molecule has 0 spiro atoms. The van der Waals surface area contributed by atoms with Gasteiger partial charge in [0.15, 0.2) is 0 Å². The third-order valence-electron chi connectivity index (χ3n) is 8.82. The maximum atomic E-state index is 4.84. The van der Waals surface area contributed by atoms with E-state index in [9.17, 15) is 0 Å². The second-order valence-corrected chi connectivity index (χ2v) is 13.4. The summed E-state index contributed by atoms with van der Waals surface area (Å²) in [6.45, 7) is 15.5. The van der Waals surface area contributed by atoms with Crippen molar-refractivity contribution >= 4 is 69.9 Å². The number of allylic oxidation sites excluding steroid dienone is 2. The summed E-state index contributed by atoms with van der Waals surface area (Å²) in [6.07, 6.45) is 4.63. The molecule has 5 nitrogen and oxygen atoms in total. The van der Waals surface area contributed by atoms with Crippen molar-refractivity contribution in [2.45, 2.75) is 60.8 Å². The number of aryl methyl sites for hydroxylation is 1. The Balaban J connectivity index is 1.38. The molecule has 0 unspecified atom stereocenters. The maximum Gasteiger partial charge on any atom is 0.116 e. The lowest BCUT2D eigenvalue weighted by atomic mass is 9.94. The zero-order valence-electron chi connectivity index (χ0n) is 25.9. The summed E-state index contributed by atoms with van der Waals surface area (Å²) in [5, 5.41) is 9.86. The van der Waals surface area contributed by atoms with Crippen molar-refractivity contribution in [1.82, 2.24) is 19.9 Å². The molecule has 0 bridgehead atoms. The van der Waals surface area contributed by atoms with E-state index in [4.69, 9.17) is 9.97 Å². The first-order valence-electron chi connectivity index (χ1n) is 15.2. The molecule has 43 heavy (non-hydrogen) atoms. The molecule has 0 aliphatic heterocycles. The van der Waals surface area contributed by atoms with Crippen LogP contribution >= 0.6 is 11.3 Å². The molecule has 0 atom stereocenters. The van der Waals surface area contributed by atoms with Gasteiger partial charge in [-0.1, -0.05) is 64.5 Å². The summed E-state index contributed by atoms with van der Waals surface area (Å²) in [5.41, 5.74) is 10.5. The summed E-state index contributed by atoms with van der Waals surface area (Å²) in [5.74, 6) is 1.81. The smallest absolute Gasteiger partial charge is 0.116 e. The predicted octanol–water partition coefficient (Wildman–Crippen LogP) is 10.9. The minimum atomic E-state index is 0.375. The number of nitrogens with zero attached hydrogens (tertiary/aromatic N) is 3. The van der Waals surface area contributed by atoms with Crippen molar-refractivity contribution in [3.05, 3.63) is 83.7 Å². The van der Waals surface area contributed by atoms with Crippen LogP contribution in [0.3, 0.4) is 0 Å². The molecule has 2 N–H and O–H groups in total. The van der Waals surface area contributed by atoms with Crippen LogP contribution in [0.4, 0.5) is 5.69 Å². The first kappa shape index (κ1) is 27.5. The Morgan fingerprint density at radius 1 is 0.884 bits per heavy atom. The van der Waals surface area contributed by atoms with Crippen LogP contribution in [0, 0.1) is 12.8 Å². The number of hydrogen-bond acceptors (Lipinski definition) is 5. The first-order valence-corrected chi connectivity index (χ1v) is 16.0. The average Bonchev–Trinajstić information content (AvgIpc) is 3.59. The monoisotopic (exact) mass is 583 g/mol. The third-order valence-corrected chi connectivity index (χ3v) is 9.94. The number of hydrogen-bond donors (Lipinski definition) is 2. The largest absolute Gasteiger partial charge is 0.358 e. The molecule has 3 heterocycles. The number of imidazole rings is 1. The van der Waals surface area contributed by atoms with Crippen LogP contribution in [0.2, 0.25) is 0 Å². The van der Waals surface area contributed by atoms with Gasteiger partial charge in [-0.15, -0.1) is 11.3 Å². The highest BCUT2D eigenvalue weighted by Gasteiger charge is 2.18. The van der Waals surface area contributed by atoms with Gasteiger partial charge in [0.2, 0.25) is 0 Å². The number of aromatic nitrogens is 4. The molecule has 0 fully saturated rings. The standard InChI is InChI=1S/C37H37N5S/c1-8-21(6)34(19(2)3)42-36-22(7)35-29(17-38-18-39-35)27-13-23(10-12-26(27)36)24-9-11-25-28-15-30-31(41-37(40-30)20(4)5)16-33(28)43-32(25)14-24/h9-20,42H,8H2,1-7H3,(H,40,41)/b34-21+. The Morgan fingerprint density at radius 2 is 1.63 bits per heavy atom. The number of fused-ring (bicyclic) bond motifs is 7. The molecule has 0 saturated heterocycles. The van der Waals surface area contributed by atoms with Crippen molar-refractivity contribution in [3.63, 3.8) is 0 Å². The van der Waals surface area contributed by atoms with Crippen LogP contribution in [0.25, 0.3) is 64.0 Å². The second-order valence-electron chi connectivity index (χ2n) is 12.3. The van der Waals surface area contributed by atoms with Gasteiger partial charge >= 0.3 is 0 Å². The van der Waals surface area contributed by atoms with Crippen LogP contribution in [0.15, 0.2) is 72.3 Å². The number of anilines is 1. The highest BCUT2D eigenvalue weighted by Crippen LogP contribution is 2.41. The van der Waals surface area contributed by atoms with Crippen molar-refractivity contribution < 1.29 is 0 Å². The molecular weight excluding hydrogens is 547 g/mol. The van der Waals surface area contributed by atoms with Crippen LogP contribution < -0.4 is 5.32 Å². The number of H-pyrrole nitrogens is 1. The molecule has 0 amide bonds. The molecule has 6 heteroatoms. The Labute approximate surface area is 256 Å². The van der Waals surface area contributed by atoms with E-state index in [-0.39, 0.29) is 0 Å². The average molecular weight is 584 g/mol. The lowest BCUT2D eigenvalue weighted by Gasteiger charge is -2.22. The second kappa shape index (κ2) is 10.5. The molecule has 3 aromatic heterocycles. The Hall–Kier alpha value is -4.29. The number of thiophene rings is 1. The molecule has 7 rings (SSSR count). The molecule has 0 saturated carbocycles. The Bertz CT molecular complexity index is 2230. The first-order chi connectivity index (χ1) is 20.7. The van der Waals surface area contributed by atoms with E-state index < -0.39 is 0 Å². The SMILES string of the molecule is CC/C(C)=C(/Nc1c(C)c2ncncc2c2cc(-c3ccc4c(c3)sc3cc5nc(C(C)C)[nH]c5cc34)ccc12)C(C)C. The van der Waals surface area contributed by atoms with Gasteiger partial charge in [-0.3, -0.25) is 0 Å². The highest BCUT2D eigenvalue weighted by atomic mass is 32.1. The molecule has 0 aliphatic rings. The van der Waals surface area contributed by atoms with Gasteiger partial charge in [-0.05, 0) is 72.5 Å². The summed E-state index contributed by atoms with van der Waals surface area (Å²) >= 11 is 1.84. The molecule has 7 aromatic rings.